The summed E-state index contributed by atoms with van der Waals surface area (Å²) in [6.45, 7) is -0.0633. The van der Waals surface area contributed by atoms with Crippen LogP contribution in [0.5, 0.6) is 11.5 Å². The normalized spacial score (nSPS) is 10.7. The largest absolute Gasteiger partial charge is 0.493 e. The number of para-hydroxylation sites is 1. The Hall–Kier alpha value is -3.09. The maximum Gasteiger partial charge on any atom is 0.250 e. The fourth-order valence-electron chi connectivity index (χ4n) is 2.24. The second kappa shape index (κ2) is 9.73. The molecular weight excluding hydrogens is 396 g/mol. The van der Waals surface area contributed by atoms with Crippen molar-refractivity contribution in [2.24, 2.45) is 5.10 Å². The van der Waals surface area contributed by atoms with Gasteiger partial charge in [0.05, 0.1) is 29.3 Å². The summed E-state index contributed by atoms with van der Waals surface area (Å²) in [6, 6.07) is 14.9. The van der Waals surface area contributed by atoms with Crippen LogP contribution in [-0.4, -0.2) is 36.6 Å². The van der Waals surface area contributed by atoms with E-state index < -0.39 is 0 Å². The Balaban J connectivity index is 1.52. The van der Waals surface area contributed by atoms with Crippen molar-refractivity contribution in [1.29, 1.82) is 5.26 Å². The number of carbonyl (C=O) groups is 1. The third kappa shape index (κ3) is 5.22. The maximum atomic E-state index is 12.0. The highest BCUT2D eigenvalue weighted by atomic mass is 32.2. The number of thioether (sulfide) groups is 1. The molecule has 0 aliphatic carbocycles. The molecule has 0 fully saturated rings. The lowest BCUT2D eigenvalue weighted by atomic mass is 10.2. The third-order valence-corrected chi connectivity index (χ3v) is 5.66. The number of hydrogen-bond donors (Lipinski definition) is 1. The molecule has 3 rings (SSSR count). The Kier molecular flexibility index (Phi) is 6.84. The van der Waals surface area contributed by atoms with Gasteiger partial charge >= 0.3 is 0 Å². The average Bonchev–Trinajstić information content (AvgIpc) is 3.14. The standard InChI is InChI=1S/C19H16N4O3S2/c1-25-16-10-13(6-7-15(16)26-9-8-20)11-21-23-18(24)12-27-19-22-14-4-2-3-5-17(14)28-19/h2-7,10-11H,9,12H2,1H3,(H,23,24)/b21-11+. The van der Waals surface area contributed by atoms with Crippen LogP contribution in [0.1, 0.15) is 5.56 Å². The Morgan fingerprint density at radius 3 is 3.00 bits per heavy atom. The highest BCUT2D eigenvalue weighted by molar-refractivity contribution is 8.01. The number of amides is 1. The SMILES string of the molecule is COc1cc(/C=N/NC(=O)CSc2nc3ccccc3s2)ccc1OCC#N. The van der Waals surface area contributed by atoms with E-state index in [1.54, 1.807) is 29.5 Å². The van der Waals surface area contributed by atoms with Gasteiger partial charge in [-0.05, 0) is 35.9 Å². The van der Waals surface area contributed by atoms with E-state index in [0.717, 1.165) is 20.1 Å². The topological polar surface area (TPSA) is 96.6 Å². The Bertz CT molecular complexity index is 1010. The molecule has 0 saturated carbocycles. The Labute approximate surface area is 170 Å². The minimum absolute atomic E-state index is 0.0633. The smallest absolute Gasteiger partial charge is 0.250 e. The van der Waals surface area contributed by atoms with E-state index in [2.05, 4.69) is 15.5 Å². The van der Waals surface area contributed by atoms with E-state index in [1.165, 1.54) is 25.1 Å². The molecule has 1 amide bonds. The van der Waals surface area contributed by atoms with Crippen molar-refractivity contribution in [2.45, 2.75) is 4.34 Å². The highest BCUT2D eigenvalue weighted by Gasteiger charge is 2.07. The lowest BCUT2D eigenvalue weighted by molar-refractivity contribution is -0.118. The molecule has 1 N–H and O–H groups in total. The summed E-state index contributed by atoms with van der Waals surface area (Å²) < 4.78 is 12.4. The van der Waals surface area contributed by atoms with Crippen LogP contribution in [0.3, 0.4) is 0 Å². The molecule has 0 atom stereocenters. The molecule has 0 bridgehead atoms. The fraction of sp³-hybridized carbons (Fsp3) is 0.158. The number of benzene rings is 2. The molecule has 142 valence electrons. The summed E-state index contributed by atoms with van der Waals surface area (Å²) >= 11 is 2.93. The number of rotatable bonds is 8. The number of thiazole rings is 1. The van der Waals surface area contributed by atoms with Crippen molar-refractivity contribution >= 4 is 45.4 Å². The van der Waals surface area contributed by atoms with E-state index in [4.69, 9.17) is 14.7 Å². The van der Waals surface area contributed by atoms with Gasteiger partial charge in [0.25, 0.3) is 5.91 Å². The van der Waals surface area contributed by atoms with Crippen molar-refractivity contribution in [1.82, 2.24) is 10.4 Å². The molecule has 0 aliphatic heterocycles. The van der Waals surface area contributed by atoms with Gasteiger partial charge in [-0.3, -0.25) is 4.79 Å². The number of fused-ring (bicyclic) bond motifs is 1. The first-order chi connectivity index (χ1) is 13.7. The number of ether oxygens (including phenoxy) is 2. The third-order valence-electron chi connectivity index (χ3n) is 3.48. The van der Waals surface area contributed by atoms with E-state index in [-0.39, 0.29) is 18.3 Å². The van der Waals surface area contributed by atoms with Crippen LogP contribution in [0.25, 0.3) is 10.2 Å². The van der Waals surface area contributed by atoms with Crippen molar-refractivity contribution in [3.63, 3.8) is 0 Å². The number of hydrogen-bond acceptors (Lipinski definition) is 8. The number of methoxy groups -OCH3 is 1. The molecule has 0 spiro atoms. The van der Waals surface area contributed by atoms with Crippen molar-refractivity contribution in [2.75, 3.05) is 19.5 Å². The maximum absolute atomic E-state index is 12.0. The molecule has 0 saturated heterocycles. The monoisotopic (exact) mass is 412 g/mol. The molecule has 1 aromatic heterocycles. The van der Waals surface area contributed by atoms with Gasteiger partial charge in [0.15, 0.2) is 22.4 Å². The van der Waals surface area contributed by atoms with Gasteiger partial charge in [-0.25, -0.2) is 10.4 Å². The summed E-state index contributed by atoms with van der Waals surface area (Å²) in [5.74, 6) is 0.956. The lowest BCUT2D eigenvalue weighted by Crippen LogP contribution is -2.19. The molecular formula is C19H16N4O3S2. The van der Waals surface area contributed by atoms with E-state index in [0.29, 0.717) is 11.5 Å². The highest BCUT2D eigenvalue weighted by Crippen LogP contribution is 2.29. The number of carbonyl (C=O) groups excluding carboxylic acids is 1. The van der Waals surface area contributed by atoms with Crippen LogP contribution >= 0.6 is 23.1 Å². The number of aromatic nitrogens is 1. The zero-order chi connectivity index (χ0) is 19.8. The van der Waals surface area contributed by atoms with Crippen LogP contribution in [0.2, 0.25) is 0 Å². The van der Waals surface area contributed by atoms with E-state index >= 15 is 0 Å². The average molecular weight is 412 g/mol. The molecule has 1 heterocycles. The van der Waals surface area contributed by atoms with Crippen molar-refractivity contribution in [3.8, 4) is 17.6 Å². The van der Waals surface area contributed by atoms with Crippen LogP contribution in [-0.2, 0) is 4.79 Å². The van der Waals surface area contributed by atoms with Gasteiger partial charge in [0.2, 0.25) is 0 Å². The minimum atomic E-state index is -0.221. The molecule has 0 unspecified atom stereocenters. The summed E-state index contributed by atoms with van der Waals surface area (Å²) in [7, 11) is 1.51. The van der Waals surface area contributed by atoms with Gasteiger partial charge in [0, 0.05) is 0 Å². The van der Waals surface area contributed by atoms with Gasteiger partial charge in [0.1, 0.15) is 6.07 Å². The molecule has 3 aromatic rings. The predicted octanol–water partition coefficient (Wildman–Crippen LogP) is 3.45. The number of nitriles is 1. The molecule has 7 nitrogen and oxygen atoms in total. The molecule has 28 heavy (non-hydrogen) atoms. The lowest BCUT2D eigenvalue weighted by Gasteiger charge is -2.08. The summed E-state index contributed by atoms with van der Waals surface area (Å²) in [4.78, 5) is 16.5. The van der Waals surface area contributed by atoms with Gasteiger partial charge < -0.3 is 9.47 Å². The second-order valence-electron chi connectivity index (χ2n) is 5.39. The quantitative estimate of drug-likeness (QED) is 0.346. The zero-order valence-corrected chi connectivity index (χ0v) is 16.5. The van der Waals surface area contributed by atoms with Gasteiger partial charge in [-0.2, -0.15) is 10.4 Å². The predicted molar refractivity (Wildman–Crippen MR) is 110 cm³/mol. The molecule has 9 heteroatoms. The first-order valence-corrected chi connectivity index (χ1v) is 9.98. The van der Waals surface area contributed by atoms with Gasteiger partial charge in [-0.1, -0.05) is 23.9 Å². The molecule has 0 radical (unpaired) electrons. The molecule has 0 aliphatic rings. The first kappa shape index (κ1) is 19.7. The van der Waals surface area contributed by atoms with Crippen molar-refractivity contribution in [3.05, 3.63) is 48.0 Å². The van der Waals surface area contributed by atoms with E-state index in [9.17, 15) is 4.79 Å². The second-order valence-corrected chi connectivity index (χ2v) is 7.64. The Morgan fingerprint density at radius 2 is 2.21 bits per heavy atom. The van der Waals surface area contributed by atoms with Gasteiger partial charge in [-0.15, -0.1) is 11.3 Å². The van der Waals surface area contributed by atoms with E-state index in [1.807, 2.05) is 30.3 Å². The summed E-state index contributed by atoms with van der Waals surface area (Å²) in [5.41, 5.74) is 4.15. The number of nitrogens with one attached hydrogen (secondary N) is 1. The zero-order valence-electron chi connectivity index (χ0n) is 14.9. The van der Waals surface area contributed by atoms with Crippen LogP contribution < -0.4 is 14.9 Å². The fourth-order valence-corrected chi connectivity index (χ4v) is 4.11. The Morgan fingerprint density at radius 1 is 1.36 bits per heavy atom. The number of nitrogens with zero attached hydrogens (tertiary/aromatic N) is 3. The summed E-state index contributed by atoms with van der Waals surface area (Å²) in [6.07, 6.45) is 1.51. The van der Waals surface area contributed by atoms with Crippen molar-refractivity contribution < 1.29 is 14.3 Å². The minimum Gasteiger partial charge on any atom is -0.493 e. The van der Waals surface area contributed by atoms with Crippen LogP contribution in [0, 0.1) is 11.3 Å². The summed E-state index contributed by atoms with van der Waals surface area (Å²) in [5, 5.41) is 12.5. The van der Waals surface area contributed by atoms with Crippen LogP contribution in [0.15, 0.2) is 51.9 Å². The first-order valence-electron chi connectivity index (χ1n) is 8.17. The van der Waals surface area contributed by atoms with Crippen LogP contribution in [0.4, 0.5) is 0 Å². The molecule has 2 aromatic carbocycles. The number of hydrazone groups is 1.